The van der Waals surface area contributed by atoms with E-state index in [0.29, 0.717) is 12.4 Å². The van der Waals surface area contributed by atoms with E-state index in [1.165, 1.54) is 0 Å². The van der Waals surface area contributed by atoms with Crippen molar-refractivity contribution in [3.63, 3.8) is 0 Å². The number of unbranched alkanes of at least 4 members (excludes halogenated alkanes) is 1. The van der Waals surface area contributed by atoms with Gasteiger partial charge in [0.25, 0.3) is 0 Å². The molecule has 4 nitrogen and oxygen atoms in total. The average Bonchev–Trinajstić information content (AvgIpc) is 2.91. The predicted molar refractivity (Wildman–Crippen MR) is 138 cm³/mol. The molecule has 0 bridgehead atoms. The molecule has 0 saturated heterocycles. The number of aryl methyl sites for hydroxylation is 1. The van der Waals surface area contributed by atoms with Gasteiger partial charge in [-0.15, -0.1) is 0 Å². The topological polar surface area (TPSA) is 55.8 Å². The normalized spacial score (nSPS) is 11.2. The highest BCUT2D eigenvalue weighted by molar-refractivity contribution is 5.68. The molecule has 0 aliphatic rings. The number of rotatable bonds is 12. The smallest absolute Gasteiger partial charge is 0.341 e. The van der Waals surface area contributed by atoms with Crippen LogP contribution in [0.4, 0.5) is 0 Å². The average molecular weight is 467 g/mol. The Morgan fingerprint density at radius 3 is 1.74 bits per heavy atom. The first-order valence-corrected chi connectivity index (χ1v) is 11.9. The zero-order chi connectivity index (χ0) is 24.3. The lowest BCUT2D eigenvalue weighted by Gasteiger charge is -2.36. The number of benzene rings is 4. The standard InChI is InChI=1S/C31H30O4/c32-30(33)24-34-29-21-12-14-25(23-29)13-10-11-22-35-31(26-15-4-1-5-16-26,27-17-6-2-7-18-27)28-19-8-3-9-20-28/h1-9,12,14-21,23H,10-11,13,22,24H2,(H,32,33). The molecule has 1 N–H and O–H groups in total. The van der Waals surface area contributed by atoms with Gasteiger partial charge in [0.15, 0.2) is 6.61 Å². The lowest BCUT2D eigenvalue weighted by atomic mass is 9.80. The first-order valence-electron chi connectivity index (χ1n) is 11.9. The van der Waals surface area contributed by atoms with Gasteiger partial charge >= 0.3 is 5.97 Å². The number of ether oxygens (including phenoxy) is 2. The van der Waals surface area contributed by atoms with Crippen molar-refractivity contribution in [2.24, 2.45) is 0 Å². The summed E-state index contributed by atoms with van der Waals surface area (Å²) in [6.07, 6.45) is 2.69. The van der Waals surface area contributed by atoms with Crippen molar-refractivity contribution in [3.05, 3.63) is 138 Å². The van der Waals surface area contributed by atoms with Crippen LogP contribution in [0.1, 0.15) is 35.1 Å². The van der Waals surface area contributed by atoms with E-state index in [-0.39, 0.29) is 6.61 Å². The molecular weight excluding hydrogens is 436 g/mol. The molecule has 4 rings (SSSR count). The van der Waals surface area contributed by atoms with Crippen molar-refractivity contribution >= 4 is 5.97 Å². The zero-order valence-corrected chi connectivity index (χ0v) is 19.7. The van der Waals surface area contributed by atoms with Crippen molar-refractivity contribution in [3.8, 4) is 5.75 Å². The number of aliphatic carboxylic acids is 1. The van der Waals surface area contributed by atoms with E-state index in [1.807, 2.05) is 36.4 Å². The minimum absolute atomic E-state index is 0.335. The van der Waals surface area contributed by atoms with Gasteiger partial charge in [0, 0.05) is 6.61 Å². The van der Waals surface area contributed by atoms with Crippen molar-refractivity contribution in [1.29, 1.82) is 0 Å². The third kappa shape index (κ3) is 6.17. The van der Waals surface area contributed by atoms with Crippen LogP contribution in [-0.4, -0.2) is 24.3 Å². The van der Waals surface area contributed by atoms with Gasteiger partial charge in [-0.2, -0.15) is 0 Å². The van der Waals surface area contributed by atoms with Crippen molar-refractivity contribution < 1.29 is 19.4 Å². The second-order valence-corrected chi connectivity index (χ2v) is 8.41. The van der Waals surface area contributed by atoms with E-state index >= 15 is 0 Å². The number of hydrogen-bond acceptors (Lipinski definition) is 3. The fourth-order valence-electron chi connectivity index (χ4n) is 4.36. The van der Waals surface area contributed by atoms with Crippen LogP contribution in [0.25, 0.3) is 0 Å². The second-order valence-electron chi connectivity index (χ2n) is 8.41. The monoisotopic (exact) mass is 466 g/mol. The predicted octanol–water partition coefficient (Wildman–Crippen LogP) is 6.48. The van der Waals surface area contributed by atoms with Crippen molar-refractivity contribution in [2.45, 2.75) is 24.9 Å². The molecule has 178 valence electrons. The lowest BCUT2D eigenvalue weighted by molar-refractivity contribution is -0.139. The Balaban J connectivity index is 1.49. The van der Waals surface area contributed by atoms with E-state index in [4.69, 9.17) is 14.6 Å². The molecule has 0 heterocycles. The van der Waals surface area contributed by atoms with Crippen LogP contribution >= 0.6 is 0 Å². The molecule has 0 amide bonds. The highest BCUT2D eigenvalue weighted by atomic mass is 16.5. The van der Waals surface area contributed by atoms with E-state index in [1.54, 1.807) is 6.07 Å². The molecule has 4 aromatic rings. The molecule has 0 radical (unpaired) electrons. The third-order valence-corrected chi connectivity index (χ3v) is 5.98. The van der Waals surface area contributed by atoms with Gasteiger partial charge in [-0.25, -0.2) is 4.79 Å². The molecule has 0 saturated carbocycles. The molecule has 0 aliphatic carbocycles. The molecule has 0 spiro atoms. The number of carboxylic acids is 1. The quantitative estimate of drug-likeness (QED) is 0.192. The Morgan fingerprint density at radius 1 is 0.686 bits per heavy atom. The summed E-state index contributed by atoms with van der Waals surface area (Å²) in [5.74, 6) is -0.399. The van der Waals surface area contributed by atoms with Crippen LogP contribution in [0, 0.1) is 0 Å². The van der Waals surface area contributed by atoms with E-state index < -0.39 is 11.6 Å². The Bertz CT molecular complexity index is 1090. The maximum absolute atomic E-state index is 10.8. The molecule has 35 heavy (non-hydrogen) atoms. The van der Waals surface area contributed by atoms with Gasteiger partial charge in [-0.05, 0) is 53.6 Å². The van der Waals surface area contributed by atoms with Gasteiger partial charge in [0.2, 0.25) is 0 Å². The summed E-state index contributed by atoms with van der Waals surface area (Å²) in [6.45, 7) is 0.256. The maximum atomic E-state index is 10.8. The fraction of sp³-hybridized carbons (Fsp3) is 0.194. The SMILES string of the molecule is O=C(O)COc1cccc(CCCCOC(c2ccccc2)(c2ccccc2)c2ccccc2)c1. The largest absolute Gasteiger partial charge is 0.482 e. The van der Waals surface area contributed by atoms with Crippen molar-refractivity contribution in [1.82, 2.24) is 0 Å². The number of carboxylic acid groups (broad SMARTS) is 1. The Labute approximate surface area is 206 Å². The number of hydrogen-bond donors (Lipinski definition) is 1. The van der Waals surface area contributed by atoms with Gasteiger partial charge in [-0.1, -0.05) is 103 Å². The third-order valence-electron chi connectivity index (χ3n) is 5.98. The van der Waals surface area contributed by atoms with Crippen molar-refractivity contribution in [2.75, 3.05) is 13.2 Å². The summed E-state index contributed by atoms with van der Waals surface area (Å²) in [4.78, 5) is 10.8. The van der Waals surface area contributed by atoms with Crippen LogP contribution in [0.15, 0.2) is 115 Å². The van der Waals surface area contributed by atoms with Gasteiger partial charge in [0.05, 0.1) is 0 Å². The molecule has 0 atom stereocenters. The molecule has 0 aliphatic heterocycles. The summed E-state index contributed by atoms with van der Waals surface area (Å²) >= 11 is 0. The summed E-state index contributed by atoms with van der Waals surface area (Å²) in [5.41, 5.74) is 3.71. The Morgan fingerprint density at radius 2 is 1.23 bits per heavy atom. The minimum Gasteiger partial charge on any atom is -0.482 e. The van der Waals surface area contributed by atoms with Gasteiger partial charge < -0.3 is 14.6 Å². The van der Waals surface area contributed by atoms with E-state index in [2.05, 4.69) is 72.8 Å². The fourth-order valence-corrected chi connectivity index (χ4v) is 4.36. The van der Waals surface area contributed by atoms with Gasteiger partial charge in [-0.3, -0.25) is 0 Å². The van der Waals surface area contributed by atoms with Crippen LogP contribution in [0.5, 0.6) is 5.75 Å². The van der Waals surface area contributed by atoms with Crippen LogP contribution in [0.3, 0.4) is 0 Å². The summed E-state index contributed by atoms with van der Waals surface area (Å²) in [6, 6.07) is 38.8. The summed E-state index contributed by atoms with van der Waals surface area (Å²) in [5, 5.41) is 8.82. The van der Waals surface area contributed by atoms with Crippen LogP contribution < -0.4 is 4.74 Å². The lowest BCUT2D eigenvalue weighted by Crippen LogP contribution is -2.33. The van der Waals surface area contributed by atoms with Crippen LogP contribution in [-0.2, 0) is 21.6 Å². The van der Waals surface area contributed by atoms with Gasteiger partial charge in [0.1, 0.15) is 11.4 Å². The second kappa shape index (κ2) is 12.0. The highest BCUT2D eigenvalue weighted by Gasteiger charge is 2.37. The first-order chi connectivity index (χ1) is 17.2. The molecule has 0 aromatic heterocycles. The summed E-state index contributed by atoms with van der Waals surface area (Å²) < 4.78 is 12.1. The minimum atomic E-state index is -0.980. The maximum Gasteiger partial charge on any atom is 0.341 e. The molecule has 0 unspecified atom stereocenters. The molecule has 4 heteroatoms. The zero-order valence-electron chi connectivity index (χ0n) is 19.7. The van der Waals surface area contributed by atoms with E-state index in [0.717, 1.165) is 41.5 Å². The Hall–Kier alpha value is -3.89. The van der Waals surface area contributed by atoms with E-state index in [9.17, 15) is 4.79 Å². The molecular formula is C31H30O4. The summed E-state index contributed by atoms with van der Waals surface area (Å²) in [7, 11) is 0. The number of carbonyl (C=O) groups is 1. The Kier molecular flexibility index (Phi) is 8.31. The first kappa shape index (κ1) is 24.2. The molecule has 4 aromatic carbocycles. The highest BCUT2D eigenvalue weighted by Crippen LogP contribution is 2.40. The van der Waals surface area contributed by atoms with Crippen LogP contribution in [0.2, 0.25) is 0 Å². The molecule has 0 fully saturated rings.